The Labute approximate surface area is 168 Å². The van der Waals surface area contributed by atoms with Gasteiger partial charge in [0.1, 0.15) is 18.1 Å². The van der Waals surface area contributed by atoms with Gasteiger partial charge in [0.25, 0.3) is 5.91 Å². The number of allylic oxidation sites excluding steroid dienone is 1. The molecule has 28 heavy (non-hydrogen) atoms. The number of nitrogens with one attached hydrogen (secondary N) is 1. The Morgan fingerprint density at radius 3 is 2.79 bits per heavy atom. The number of carbonyl (C=O) groups excluding carboxylic acids is 1. The highest BCUT2D eigenvalue weighted by atomic mass is 16.5. The number of rotatable bonds is 12. The Hall–Kier alpha value is -2.56. The highest BCUT2D eigenvalue weighted by Crippen LogP contribution is 2.14. The monoisotopic (exact) mass is 383 g/mol. The van der Waals surface area contributed by atoms with Gasteiger partial charge in [-0.25, -0.2) is 0 Å². The summed E-state index contributed by atoms with van der Waals surface area (Å²) in [4.78, 5) is 12.4. The molecule has 2 aromatic rings. The number of ether oxygens (including phenoxy) is 1. The first-order valence-corrected chi connectivity index (χ1v) is 10.3. The Bertz CT molecular complexity index is 765. The quantitative estimate of drug-likeness (QED) is 0.422. The Balaban J connectivity index is 1.77. The van der Waals surface area contributed by atoms with Crippen molar-refractivity contribution in [3.8, 4) is 5.75 Å². The Morgan fingerprint density at radius 1 is 1.18 bits per heavy atom. The molecule has 0 bridgehead atoms. The molecule has 5 nitrogen and oxygen atoms in total. The molecule has 0 saturated heterocycles. The predicted octanol–water partition coefficient (Wildman–Crippen LogP) is 4.82. The third-order valence-electron chi connectivity index (χ3n) is 4.61. The summed E-state index contributed by atoms with van der Waals surface area (Å²) < 4.78 is 7.42. The molecule has 0 unspecified atom stereocenters. The topological polar surface area (TPSA) is 56.1 Å². The zero-order valence-electron chi connectivity index (χ0n) is 17.4. The molecule has 0 aliphatic rings. The van der Waals surface area contributed by atoms with Crippen LogP contribution in [0.15, 0.2) is 42.5 Å². The molecule has 0 radical (unpaired) electrons. The van der Waals surface area contributed by atoms with Gasteiger partial charge in [-0.05, 0) is 43.0 Å². The summed E-state index contributed by atoms with van der Waals surface area (Å²) in [6, 6.07) is 9.68. The van der Waals surface area contributed by atoms with Gasteiger partial charge in [0.15, 0.2) is 0 Å². The molecule has 2 rings (SSSR count). The summed E-state index contributed by atoms with van der Waals surface area (Å²) in [6.07, 6.45) is 11.3. The van der Waals surface area contributed by atoms with Gasteiger partial charge >= 0.3 is 0 Å². The van der Waals surface area contributed by atoms with Gasteiger partial charge in [0, 0.05) is 13.6 Å². The number of carbonyl (C=O) groups is 1. The van der Waals surface area contributed by atoms with Crippen molar-refractivity contribution in [3.05, 3.63) is 59.4 Å². The largest absolute Gasteiger partial charge is 0.490 e. The summed E-state index contributed by atoms with van der Waals surface area (Å²) >= 11 is 0. The standard InChI is InChI=1S/C23H33N3O2/c1-4-6-7-8-9-10-11-15-28-21-14-12-13-19(16-21)18-24-23(27)22-17-20(5-2)25-26(22)3/h10-14,16-17H,4-9,15,18H2,1-3H3,(H,24,27). The first kappa shape index (κ1) is 21.7. The van der Waals surface area contributed by atoms with Gasteiger partial charge in [-0.3, -0.25) is 9.48 Å². The molecule has 0 aliphatic heterocycles. The first-order chi connectivity index (χ1) is 13.6. The molecule has 0 aliphatic carbocycles. The SMILES string of the molecule is CCCCCCC=CCOc1cccc(CNC(=O)c2cc(CC)nn2C)c1. The van der Waals surface area contributed by atoms with Crippen molar-refractivity contribution in [3.63, 3.8) is 0 Å². The smallest absolute Gasteiger partial charge is 0.269 e. The van der Waals surface area contributed by atoms with Crippen molar-refractivity contribution in [1.29, 1.82) is 0 Å². The second-order valence-electron chi connectivity index (χ2n) is 6.96. The molecular formula is C23H33N3O2. The lowest BCUT2D eigenvalue weighted by Gasteiger charge is -2.08. The number of hydrogen-bond donors (Lipinski definition) is 1. The summed E-state index contributed by atoms with van der Waals surface area (Å²) in [5, 5.41) is 7.27. The number of aromatic nitrogens is 2. The van der Waals surface area contributed by atoms with Crippen LogP contribution in [-0.2, 0) is 20.0 Å². The van der Waals surface area contributed by atoms with Crippen molar-refractivity contribution in [2.24, 2.45) is 7.05 Å². The number of benzene rings is 1. The maximum Gasteiger partial charge on any atom is 0.269 e. The first-order valence-electron chi connectivity index (χ1n) is 10.3. The van der Waals surface area contributed by atoms with E-state index in [2.05, 4.69) is 29.5 Å². The minimum Gasteiger partial charge on any atom is -0.490 e. The molecule has 1 amide bonds. The van der Waals surface area contributed by atoms with E-state index in [1.807, 2.05) is 37.3 Å². The Kier molecular flexibility index (Phi) is 9.32. The molecule has 1 heterocycles. The molecule has 152 valence electrons. The Morgan fingerprint density at radius 2 is 2.04 bits per heavy atom. The van der Waals surface area contributed by atoms with Gasteiger partial charge in [-0.1, -0.05) is 57.4 Å². The molecule has 0 saturated carbocycles. The van der Waals surface area contributed by atoms with Crippen LogP contribution in [0.5, 0.6) is 5.75 Å². The number of aryl methyl sites for hydroxylation is 2. The molecule has 1 aromatic carbocycles. The van der Waals surface area contributed by atoms with Crippen molar-refractivity contribution in [1.82, 2.24) is 15.1 Å². The summed E-state index contributed by atoms with van der Waals surface area (Å²) in [7, 11) is 1.79. The highest BCUT2D eigenvalue weighted by Gasteiger charge is 2.12. The van der Waals surface area contributed by atoms with E-state index < -0.39 is 0 Å². The van der Waals surface area contributed by atoms with E-state index in [9.17, 15) is 4.79 Å². The van der Waals surface area contributed by atoms with Crippen LogP contribution >= 0.6 is 0 Å². The average molecular weight is 384 g/mol. The molecule has 5 heteroatoms. The predicted molar refractivity (Wildman–Crippen MR) is 114 cm³/mol. The van der Waals surface area contributed by atoms with Crippen molar-refractivity contribution < 1.29 is 9.53 Å². The fourth-order valence-corrected chi connectivity index (χ4v) is 2.95. The molecule has 1 aromatic heterocycles. The summed E-state index contributed by atoms with van der Waals surface area (Å²) in [5.41, 5.74) is 2.50. The molecule has 0 atom stereocenters. The third-order valence-corrected chi connectivity index (χ3v) is 4.61. The van der Waals surface area contributed by atoms with Crippen molar-refractivity contribution in [2.45, 2.75) is 58.9 Å². The van der Waals surface area contributed by atoms with Crippen molar-refractivity contribution in [2.75, 3.05) is 6.61 Å². The van der Waals surface area contributed by atoms with E-state index >= 15 is 0 Å². The maximum atomic E-state index is 12.4. The van der Waals surface area contributed by atoms with Gasteiger partial charge in [0.05, 0.1) is 5.69 Å². The molecule has 0 fully saturated rings. The molecule has 0 spiro atoms. The van der Waals surface area contributed by atoms with E-state index in [0.29, 0.717) is 18.8 Å². The minimum absolute atomic E-state index is 0.118. The summed E-state index contributed by atoms with van der Waals surface area (Å²) in [5.74, 6) is 0.697. The van der Waals surface area contributed by atoms with E-state index in [-0.39, 0.29) is 5.91 Å². The molecular weight excluding hydrogens is 350 g/mol. The number of nitrogens with zero attached hydrogens (tertiary/aromatic N) is 2. The second kappa shape index (κ2) is 12.0. The third kappa shape index (κ3) is 7.22. The van der Waals surface area contributed by atoms with Crippen LogP contribution < -0.4 is 10.1 Å². The van der Waals surface area contributed by atoms with Crippen LogP contribution in [0.4, 0.5) is 0 Å². The number of hydrogen-bond acceptors (Lipinski definition) is 3. The zero-order chi connectivity index (χ0) is 20.2. The maximum absolute atomic E-state index is 12.4. The van der Waals surface area contributed by atoms with Gasteiger partial charge in [0.2, 0.25) is 0 Å². The fraction of sp³-hybridized carbons (Fsp3) is 0.478. The van der Waals surface area contributed by atoms with Gasteiger partial charge in [-0.2, -0.15) is 5.10 Å². The van der Waals surface area contributed by atoms with Crippen LogP contribution in [0.3, 0.4) is 0 Å². The van der Waals surface area contributed by atoms with Crippen LogP contribution in [0.2, 0.25) is 0 Å². The van der Waals surface area contributed by atoms with Crippen LogP contribution in [0, 0.1) is 0 Å². The fourth-order valence-electron chi connectivity index (χ4n) is 2.95. The van der Waals surface area contributed by atoms with E-state index in [1.165, 1.54) is 25.7 Å². The van der Waals surface area contributed by atoms with Gasteiger partial charge < -0.3 is 10.1 Å². The van der Waals surface area contributed by atoms with Crippen molar-refractivity contribution >= 4 is 5.91 Å². The van der Waals surface area contributed by atoms with E-state index in [1.54, 1.807) is 11.7 Å². The van der Waals surface area contributed by atoms with Gasteiger partial charge in [-0.15, -0.1) is 0 Å². The number of unbranched alkanes of at least 4 members (excludes halogenated alkanes) is 4. The zero-order valence-corrected chi connectivity index (χ0v) is 17.4. The van der Waals surface area contributed by atoms with E-state index in [4.69, 9.17) is 4.74 Å². The lowest BCUT2D eigenvalue weighted by Crippen LogP contribution is -2.25. The lowest BCUT2D eigenvalue weighted by atomic mass is 10.1. The lowest BCUT2D eigenvalue weighted by molar-refractivity contribution is 0.0941. The van der Waals surface area contributed by atoms with E-state index in [0.717, 1.165) is 29.8 Å². The normalized spacial score (nSPS) is 11.1. The van der Waals surface area contributed by atoms with Crippen LogP contribution in [0.25, 0.3) is 0 Å². The average Bonchev–Trinajstić information content (AvgIpc) is 3.09. The summed E-state index contributed by atoms with van der Waals surface area (Å²) in [6.45, 7) is 5.27. The van der Waals surface area contributed by atoms with Crippen LogP contribution in [-0.4, -0.2) is 22.3 Å². The van der Waals surface area contributed by atoms with Crippen LogP contribution in [0.1, 0.15) is 67.7 Å². The molecule has 1 N–H and O–H groups in total. The number of amides is 1. The minimum atomic E-state index is -0.118. The second-order valence-corrected chi connectivity index (χ2v) is 6.96. The highest BCUT2D eigenvalue weighted by molar-refractivity contribution is 5.92.